The van der Waals surface area contributed by atoms with Gasteiger partial charge in [0.15, 0.2) is 0 Å². The molecule has 0 aliphatic carbocycles. The van der Waals surface area contributed by atoms with E-state index in [9.17, 15) is 4.79 Å². The molecule has 2 aromatic rings. The van der Waals surface area contributed by atoms with Crippen molar-refractivity contribution in [2.75, 3.05) is 25.0 Å². The Bertz CT molecular complexity index is 703. The van der Waals surface area contributed by atoms with E-state index in [1.54, 1.807) is 30.3 Å². The number of hydrogen-bond donors (Lipinski definition) is 2. The van der Waals surface area contributed by atoms with Gasteiger partial charge in [-0.3, -0.25) is 9.69 Å². The first-order chi connectivity index (χ1) is 11.6. The topological polar surface area (TPSA) is 52.6 Å². The number of benzene rings is 2. The van der Waals surface area contributed by atoms with Gasteiger partial charge < -0.3 is 10.4 Å². The number of anilines is 1. The molecule has 0 aliphatic heterocycles. The van der Waals surface area contributed by atoms with Gasteiger partial charge in [-0.15, -0.1) is 6.58 Å². The van der Waals surface area contributed by atoms with Gasteiger partial charge in [0.2, 0.25) is 0 Å². The van der Waals surface area contributed by atoms with Gasteiger partial charge in [0.05, 0.1) is 17.2 Å². The quantitative estimate of drug-likeness (QED) is 0.720. The second kappa shape index (κ2) is 9.23. The summed E-state index contributed by atoms with van der Waals surface area (Å²) >= 11 is 6.05. The third-order valence-corrected chi connectivity index (χ3v) is 3.84. The van der Waals surface area contributed by atoms with Crippen LogP contribution in [0.25, 0.3) is 0 Å². The van der Waals surface area contributed by atoms with Crippen LogP contribution < -0.4 is 5.32 Å². The standard InChI is InChI=1S/C19H21ClN2O2/c1-2-10-22(11-12-23)14-15-6-5-7-16(13-15)21-19(24)17-8-3-4-9-18(17)20/h2-9,13,23H,1,10-12,14H2,(H,21,24). The Morgan fingerprint density at radius 3 is 2.75 bits per heavy atom. The van der Waals surface area contributed by atoms with Crippen molar-refractivity contribution in [2.24, 2.45) is 0 Å². The second-order valence-electron chi connectivity index (χ2n) is 5.38. The van der Waals surface area contributed by atoms with Crippen LogP contribution in [-0.4, -0.2) is 35.6 Å². The van der Waals surface area contributed by atoms with E-state index < -0.39 is 0 Å². The van der Waals surface area contributed by atoms with E-state index in [4.69, 9.17) is 16.7 Å². The predicted octanol–water partition coefficient (Wildman–Crippen LogP) is 3.57. The molecule has 0 radical (unpaired) electrons. The maximum Gasteiger partial charge on any atom is 0.257 e. The van der Waals surface area contributed by atoms with Crippen molar-refractivity contribution in [2.45, 2.75) is 6.54 Å². The third-order valence-electron chi connectivity index (χ3n) is 3.51. The van der Waals surface area contributed by atoms with Crippen LogP contribution in [-0.2, 0) is 6.54 Å². The Balaban J connectivity index is 2.08. The minimum absolute atomic E-state index is 0.0940. The summed E-state index contributed by atoms with van der Waals surface area (Å²) in [7, 11) is 0. The summed E-state index contributed by atoms with van der Waals surface area (Å²) in [5, 5.41) is 12.4. The smallest absolute Gasteiger partial charge is 0.257 e. The molecule has 2 N–H and O–H groups in total. The van der Waals surface area contributed by atoms with Gasteiger partial charge in [-0.05, 0) is 29.8 Å². The first-order valence-electron chi connectivity index (χ1n) is 7.73. The zero-order valence-electron chi connectivity index (χ0n) is 13.4. The highest BCUT2D eigenvalue weighted by Gasteiger charge is 2.10. The van der Waals surface area contributed by atoms with Crippen LogP contribution in [0, 0.1) is 0 Å². The van der Waals surface area contributed by atoms with Crippen molar-refractivity contribution >= 4 is 23.2 Å². The number of nitrogens with one attached hydrogen (secondary N) is 1. The summed E-state index contributed by atoms with van der Waals surface area (Å²) in [5.41, 5.74) is 2.19. The average Bonchev–Trinajstić information content (AvgIpc) is 2.56. The summed E-state index contributed by atoms with van der Waals surface area (Å²) in [6.07, 6.45) is 1.80. The molecule has 0 atom stereocenters. The fourth-order valence-electron chi connectivity index (χ4n) is 2.41. The first kappa shape index (κ1) is 18.2. The number of nitrogens with zero attached hydrogens (tertiary/aromatic N) is 1. The minimum Gasteiger partial charge on any atom is -0.395 e. The lowest BCUT2D eigenvalue weighted by Crippen LogP contribution is -2.26. The number of aliphatic hydroxyl groups excluding tert-OH is 1. The van der Waals surface area contributed by atoms with Crippen LogP contribution in [0.15, 0.2) is 61.2 Å². The van der Waals surface area contributed by atoms with Crippen LogP contribution >= 0.6 is 11.6 Å². The van der Waals surface area contributed by atoms with Crippen molar-refractivity contribution in [3.05, 3.63) is 77.3 Å². The summed E-state index contributed by atoms with van der Waals surface area (Å²) in [5.74, 6) is -0.240. The molecule has 0 aliphatic rings. The molecule has 0 unspecified atom stereocenters. The van der Waals surface area contributed by atoms with Gasteiger partial charge in [-0.25, -0.2) is 0 Å². The largest absolute Gasteiger partial charge is 0.395 e. The molecule has 0 saturated carbocycles. The fraction of sp³-hybridized carbons (Fsp3) is 0.211. The Morgan fingerprint density at radius 2 is 2.04 bits per heavy atom. The van der Waals surface area contributed by atoms with Gasteiger partial charge in [-0.2, -0.15) is 0 Å². The second-order valence-corrected chi connectivity index (χ2v) is 5.79. The molecule has 1 amide bonds. The van der Waals surface area contributed by atoms with E-state index >= 15 is 0 Å². The molecule has 0 heterocycles. The molecule has 2 rings (SSSR count). The highest BCUT2D eigenvalue weighted by atomic mass is 35.5. The molecular weight excluding hydrogens is 324 g/mol. The average molecular weight is 345 g/mol. The normalized spacial score (nSPS) is 10.6. The van der Waals surface area contributed by atoms with E-state index in [0.29, 0.717) is 35.9 Å². The van der Waals surface area contributed by atoms with Crippen LogP contribution in [0.1, 0.15) is 15.9 Å². The third kappa shape index (κ3) is 5.20. The predicted molar refractivity (Wildman–Crippen MR) is 98.4 cm³/mol. The van der Waals surface area contributed by atoms with Gasteiger partial charge in [0.1, 0.15) is 0 Å². The summed E-state index contributed by atoms with van der Waals surface area (Å²) in [6.45, 7) is 5.76. The van der Waals surface area contributed by atoms with Crippen molar-refractivity contribution in [3.8, 4) is 0 Å². The Labute approximate surface area is 147 Å². The Kier molecular flexibility index (Phi) is 7.00. The lowest BCUT2D eigenvalue weighted by atomic mass is 10.1. The van der Waals surface area contributed by atoms with E-state index in [1.807, 2.05) is 24.3 Å². The summed E-state index contributed by atoms with van der Waals surface area (Å²) in [6, 6.07) is 14.6. The van der Waals surface area contributed by atoms with Crippen LogP contribution in [0.5, 0.6) is 0 Å². The number of hydrogen-bond acceptors (Lipinski definition) is 3. The molecule has 0 aromatic heterocycles. The number of rotatable bonds is 8. The number of aliphatic hydroxyl groups is 1. The number of carbonyl (C=O) groups is 1. The highest BCUT2D eigenvalue weighted by Crippen LogP contribution is 2.18. The highest BCUT2D eigenvalue weighted by molar-refractivity contribution is 6.34. The van der Waals surface area contributed by atoms with E-state index in [0.717, 1.165) is 5.56 Å². The van der Waals surface area contributed by atoms with Crippen molar-refractivity contribution in [3.63, 3.8) is 0 Å². The zero-order chi connectivity index (χ0) is 17.4. The molecule has 0 fully saturated rings. The van der Waals surface area contributed by atoms with Gasteiger partial charge in [0, 0.05) is 25.3 Å². The molecule has 4 nitrogen and oxygen atoms in total. The van der Waals surface area contributed by atoms with Crippen LogP contribution in [0.4, 0.5) is 5.69 Å². The molecule has 0 saturated heterocycles. The fourth-order valence-corrected chi connectivity index (χ4v) is 2.63. The van der Waals surface area contributed by atoms with Crippen molar-refractivity contribution < 1.29 is 9.90 Å². The first-order valence-corrected chi connectivity index (χ1v) is 8.10. The molecule has 5 heteroatoms. The monoisotopic (exact) mass is 344 g/mol. The number of carbonyl (C=O) groups excluding carboxylic acids is 1. The molecular formula is C19H21ClN2O2. The minimum atomic E-state index is -0.240. The number of halogens is 1. The van der Waals surface area contributed by atoms with Gasteiger partial charge >= 0.3 is 0 Å². The molecule has 0 spiro atoms. The number of amides is 1. The van der Waals surface area contributed by atoms with E-state index in [-0.39, 0.29) is 12.5 Å². The lowest BCUT2D eigenvalue weighted by molar-refractivity contribution is 0.102. The molecule has 2 aromatic carbocycles. The van der Waals surface area contributed by atoms with Gasteiger partial charge in [-0.1, -0.05) is 41.9 Å². The molecule has 0 bridgehead atoms. The summed E-state index contributed by atoms with van der Waals surface area (Å²) in [4.78, 5) is 14.4. The van der Waals surface area contributed by atoms with Crippen LogP contribution in [0.3, 0.4) is 0 Å². The van der Waals surface area contributed by atoms with Gasteiger partial charge in [0.25, 0.3) is 5.91 Å². The molecule has 24 heavy (non-hydrogen) atoms. The Hall–Kier alpha value is -2.14. The maximum atomic E-state index is 12.3. The SMILES string of the molecule is C=CCN(CCO)Cc1cccc(NC(=O)c2ccccc2Cl)c1. The Morgan fingerprint density at radius 1 is 1.25 bits per heavy atom. The van der Waals surface area contributed by atoms with Crippen LogP contribution in [0.2, 0.25) is 5.02 Å². The summed E-state index contributed by atoms with van der Waals surface area (Å²) < 4.78 is 0. The van der Waals surface area contributed by atoms with Crippen molar-refractivity contribution in [1.29, 1.82) is 0 Å². The van der Waals surface area contributed by atoms with E-state index in [1.165, 1.54) is 0 Å². The lowest BCUT2D eigenvalue weighted by Gasteiger charge is -2.19. The van der Waals surface area contributed by atoms with E-state index in [2.05, 4.69) is 16.8 Å². The van der Waals surface area contributed by atoms with Crippen molar-refractivity contribution in [1.82, 2.24) is 4.90 Å². The zero-order valence-corrected chi connectivity index (χ0v) is 14.2. The maximum absolute atomic E-state index is 12.3. The molecule has 126 valence electrons.